The summed E-state index contributed by atoms with van der Waals surface area (Å²) in [7, 11) is 0. The molecule has 0 fully saturated rings. The lowest BCUT2D eigenvalue weighted by atomic mass is 10.1. The van der Waals surface area contributed by atoms with Gasteiger partial charge in [0.15, 0.2) is 0 Å². The Morgan fingerprint density at radius 3 is 2.50 bits per heavy atom. The first-order valence-corrected chi connectivity index (χ1v) is 8.22. The lowest BCUT2D eigenvalue weighted by molar-refractivity contribution is 0.102. The van der Waals surface area contributed by atoms with Crippen LogP contribution in [-0.2, 0) is 6.54 Å². The van der Waals surface area contributed by atoms with E-state index in [1.54, 1.807) is 13.0 Å². The molecule has 1 heterocycles. The van der Waals surface area contributed by atoms with Crippen molar-refractivity contribution in [2.45, 2.75) is 20.4 Å². The van der Waals surface area contributed by atoms with Crippen LogP contribution >= 0.6 is 0 Å². The summed E-state index contributed by atoms with van der Waals surface area (Å²) in [4.78, 5) is 21.0. The monoisotopic (exact) mass is 350 g/mol. The van der Waals surface area contributed by atoms with Gasteiger partial charge >= 0.3 is 0 Å². The van der Waals surface area contributed by atoms with E-state index in [0.29, 0.717) is 23.9 Å². The summed E-state index contributed by atoms with van der Waals surface area (Å²) in [5.74, 6) is -0.345. The molecular weight excluding hydrogens is 331 g/mol. The fourth-order valence-electron chi connectivity index (χ4n) is 2.47. The summed E-state index contributed by atoms with van der Waals surface area (Å²) in [6.45, 7) is 4.40. The van der Waals surface area contributed by atoms with Crippen molar-refractivity contribution in [2.24, 2.45) is 0 Å². The zero-order valence-corrected chi connectivity index (χ0v) is 14.6. The van der Waals surface area contributed by atoms with Gasteiger partial charge in [0.1, 0.15) is 11.5 Å². The van der Waals surface area contributed by atoms with Gasteiger partial charge in [0, 0.05) is 17.9 Å². The molecular formula is C20H19FN4O. The second kappa shape index (κ2) is 7.74. The molecule has 0 saturated heterocycles. The topological polar surface area (TPSA) is 66.9 Å². The van der Waals surface area contributed by atoms with E-state index in [-0.39, 0.29) is 17.4 Å². The van der Waals surface area contributed by atoms with E-state index in [0.717, 1.165) is 5.56 Å². The highest BCUT2D eigenvalue weighted by Gasteiger charge is 2.11. The third kappa shape index (κ3) is 4.42. The highest BCUT2D eigenvalue weighted by molar-refractivity contribution is 6.03. The number of aromatic nitrogens is 2. The lowest BCUT2D eigenvalue weighted by Gasteiger charge is -2.10. The molecule has 2 aromatic carbocycles. The largest absolute Gasteiger partial charge is 0.350 e. The number of amides is 1. The van der Waals surface area contributed by atoms with Crippen LogP contribution in [0, 0.1) is 19.7 Å². The number of rotatable bonds is 5. The minimum atomic E-state index is -0.374. The molecule has 132 valence electrons. The average Bonchev–Trinajstić information content (AvgIpc) is 2.62. The third-order valence-corrected chi connectivity index (χ3v) is 3.89. The molecule has 0 radical (unpaired) electrons. The van der Waals surface area contributed by atoms with E-state index < -0.39 is 0 Å². The van der Waals surface area contributed by atoms with Crippen LogP contribution in [0.1, 0.15) is 27.3 Å². The van der Waals surface area contributed by atoms with Gasteiger partial charge in [-0.25, -0.2) is 14.4 Å². The first kappa shape index (κ1) is 17.5. The summed E-state index contributed by atoms with van der Waals surface area (Å²) < 4.78 is 13.0. The zero-order chi connectivity index (χ0) is 18.5. The highest BCUT2D eigenvalue weighted by atomic mass is 19.1. The van der Waals surface area contributed by atoms with Gasteiger partial charge in [-0.05, 0) is 55.3 Å². The molecule has 5 nitrogen and oxygen atoms in total. The molecule has 3 aromatic rings. The second-order valence-corrected chi connectivity index (χ2v) is 5.96. The summed E-state index contributed by atoms with van der Waals surface area (Å²) in [5.41, 5.74) is 3.73. The summed E-state index contributed by atoms with van der Waals surface area (Å²) >= 11 is 0. The number of anilines is 2. The van der Waals surface area contributed by atoms with Gasteiger partial charge < -0.3 is 10.6 Å². The van der Waals surface area contributed by atoms with Crippen LogP contribution in [0.25, 0.3) is 0 Å². The summed E-state index contributed by atoms with van der Waals surface area (Å²) in [5, 5.41) is 5.86. The van der Waals surface area contributed by atoms with Crippen LogP contribution in [0.2, 0.25) is 0 Å². The molecule has 0 atom stereocenters. The number of hydrogen-bond acceptors (Lipinski definition) is 4. The minimum Gasteiger partial charge on any atom is -0.350 e. The molecule has 0 saturated carbocycles. The Morgan fingerprint density at radius 1 is 1.04 bits per heavy atom. The number of hydrogen-bond donors (Lipinski definition) is 2. The predicted molar refractivity (Wildman–Crippen MR) is 99.6 cm³/mol. The Kier molecular flexibility index (Phi) is 5.22. The van der Waals surface area contributed by atoms with Crippen molar-refractivity contribution in [3.63, 3.8) is 0 Å². The van der Waals surface area contributed by atoms with Gasteiger partial charge in [0.05, 0.1) is 0 Å². The van der Waals surface area contributed by atoms with Gasteiger partial charge in [-0.1, -0.05) is 24.3 Å². The van der Waals surface area contributed by atoms with Crippen LogP contribution < -0.4 is 10.6 Å². The maximum absolute atomic E-state index is 13.0. The van der Waals surface area contributed by atoms with E-state index in [9.17, 15) is 9.18 Å². The van der Waals surface area contributed by atoms with E-state index >= 15 is 0 Å². The number of carbonyl (C=O) groups excluding carboxylic acids is 1. The Morgan fingerprint density at radius 2 is 1.77 bits per heavy atom. The number of halogens is 1. The smallest absolute Gasteiger partial charge is 0.274 e. The number of aryl methyl sites for hydroxylation is 2. The van der Waals surface area contributed by atoms with Crippen LogP contribution in [0.4, 0.5) is 16.0 Å². The molecule has 6 heteroatoms. The second-order valence-electron chi connectivity index (χ2n) is 5.96. The van der Waals surface area contributed by atoms with Crippen molar-refractivity contribution in [3.8, 4) is 0 Å². The van der Waals surface area contributed by atoms with E-state index in [2.05, 4.69) is 20.6 Å². The fraction of sp³-hybridized carbons (Fsp3) is 0.150. The Balaban J connectivity index is 1.73. The van der Waals surface area contributed by atoms with E-state index in [4.69, 9.17) is 0 Å². The number of benzene rings is 2. The van der Waals surface area contributed by atoms with Crippen molar-refractivity contribution in [3.05, 3.63) is 82.9 Å². The Hall–Kier alpha value is -3.28. The first-order chi connectivity index (χ1) is 12.5. The molecule has 1 amide bonds. The maximum Gasteiger partial charge on any atom is 0.274 e. The number of nitrogens with one attached hydrogen (secondary N) is 2. The molecule has 0 bridgehead atoms. The van der Waals surface area contributed by atoms with Crippen LogP contribution in [0.3, 0.4) is 0 Å². The standard InChI is InChI=1S/C20H19FN4O/c1-13-5-3-4-6-15(13)12-22-20-23-14(2)11-18(25-20)19(26)24-17-9-7-16(21)8-10-17/h3-11H,12H2,1-2H3,(H,24,26)(H,22,23,25). The minimum absolute atomic E-state index is 0.245. The molecule has 0 aliphatic carbocycles. The first-order valence-electron chi connectivity index (χ1n) is 8.22. The summed E-state index contributed by atoms with van der Waals surface area (Å²) in [6.07, 6.45) is 0. The summed E-state index contributed by atoms with van der Waals surface area (Å²) in [6, 6.07) is 15.2. The van der Waals surface area contributed by atoms with Gasteiger partial charge in [-0.2, -0.15) is 0 Å². The molecule has 2 N–H and O–H groups in total. The molecule has 0 aliphatic heterocycles. The quantitative estimate of drug-likeness (QED) is 0.727. The van der Waals surface area contributed by atoms with Crippen LogP contribution in [0.5, 0.6) is 0 Å². The van der Waals surface area contributed by atoms with Crippen molar-refractivity contribution in [1.82, 2.24) is 9.97 Å². The van der Waals surface area contributed by atoms with Gasteiger partial charge in [-0.3, -0.25) is 4.79 Å². The fourth-order valence-corrected chi connectivity index (χ4v) is 2.47. The van der Waals surface area contributed by atoms with Gasteiger partial charge in [0.25, 0.3) is 5.91 Å². The number of nitrogens with zero attached hydrogens (tertiary/aromatic N) is 2. The Labute approximate surface area is 151 Å². The zero-order valence-electron chi connectivity index (χ0n) is 14.6. The van der Waals surface area contributed by atoms with Gasteiger partial charge in [0.2, 0.25) is 5.95 Å². The van der Waals surface area contributed by atoms with E-state index in [1.807, 2.05) is 31.2 Å². The molecule has 1 aromatic heterocycles. The predicted octanol–water partition coefficient (Wildman–Crippen LogP) is 4.10. The molecule has 0 unspecified atom stereocenters. The van der Waals surface area contributed by atoms with Crippen LogP contribution in [-0.4, -0.2) is 15.9 Å². The highest BCUT2D eigenvalue weighted by Crippen LogP contribution is 2.13. The Bertz CT molecular complexity index is 925. The van der Waals surface area contributed by atoms with Crippen molar-refractivity contribution < 1.29 is 9.18 Å². The molecule has 0 spiro atoms. The lowest BCUT2D eigenvalue weighted by Crippen LogP contribution is -2.16. The maximum atomic E-state index is 13.0. The van der Waals surface area contributed by atoms with E-state index in [1.165, 1.54) is 29.8 Å². The van der Waals surface area contributed by atoms with Crippen molar-refractivity contribution >= 4 is 17.5 Å². The third-order valence-electron chi connectivity index (χ3n) is 3.89. The van der Waals surface area contributed by atoms with Crippen LogP contribution in [0.15, 0.2) is 54.6 Å². The molecule has 0 aliphatic rings. The van der Waals surface area contributed by atoms with Crippen molar-refractivity contribution in [2.75, 3.05) is 10.6 Å². The normalized spacial score (nSPS) is 10.4. The average molecular weight is 350 g/mol. The molecule has 26 heavy (non-hydrogen) atoms. The number of carbonyl (C=O) groups is 1. The molecule has 3 rings (SSSR count). The van der Waals surface area contributed by atoms with Gasteiger partial charge in [-0.15, -0.1) is 0 Å². The van der Waals surface area contributed by atoms with Crippen molar-refractivity contribution in [1.29, 1.82) is 0 Å². The SMILES string of the molecule is Cc1cc(C(=O)Nc2ccc(F)cc2)nc(NCc2ccccc2C)n1.